The summed E-state index contributed by atoms with van der Waals surface area (Å²) in [6.45, 7) is 2.24. The molecule has 0 radical (unpaired) electrons. The molecule has 1 aliphatic rings. The lowest BCUT2D eigenvalue weighted by atomic mass is 9.92. The van der Waals surface area contributed by atoms with Crippen molar-refractivity contribution < 1.29 is 14.6 Å². The number of ether oxygens (including phenoxy) is 1. The summed E-state index contributed by atoms with van der Waals surface area (Å²) < 4.78 is 7.00. The molecule has 1 fully saturated rings. The van der Waals surface area contributed by atoms with E-state index in [1.54, 1.807) is 23.9 Å². The van der Waals surface area contributed by atoms with Gasteiger partial charge in [-0.3, -0.25) is 9.36 Å². The van der Waals surface area contributed by atoms with E-state index in [9.17, 15) is 9.90 Å². The number of carbonyl (C=O) groups excluding carboxylic acids is 1. The number of nitrogens with one attached hydrogen (secondary N) is 2. The third-order valence-corrected chi connectivity index (χ3v) is 7.07. The molecule has 1 amide bonds. The number of rotatable bonds is 8. The van der Waals surface area contributed by atoms with Gasteiger partial charge >= 0.3 is 0 Å². The SMILES string of the molecule is CCNC(=O)c1nnc(-c2cc(C(=N)C3CCCC3)c(N)cc2O)n1-c1ccc(-c2cccnc2OC)cc1. The molecule has 0 unspecified atom stereocenters. The normalized spacial score (nSPS) is 13.4. The summed E-state index contributed by atoms with van der Waals surface area (Å²) in [5.41, 5.74) is 10.2. The lowest BCUT2D eigenvalue weighted by Gasteiger charge is -2.17. The van der Waals surface area contributed by atoms with Gasteiger partial charge < -0.3 is 26.3 Å². The number of phenols is 1. The molecule has 4 aromatic rings. The maximum atomic E-state index is 13.0. The Kier molecular flexibility index (Phi) is 7.27. The number of pyridine rings is 1. The van der Waals surface area contributed by atoms with Crippen LogP contribution in [0.15, 0.2) is 54.7 Å². The molecule has 10 heteroatoms. The Labute approximate surface area is 226 Å². The van der Waals surface area contributed by atoms with Crippen LogP contribution >= 0.6 is 0 Å². The van der Waals surface area contributed by atoms with Crippen molar-refractivity contribution in [2.75, 3.05) is 19.4 Å². The summed E-state index contributed by atoms with van der Waals surface area (Å²) in [4.78, 5) is 17.2. The Hall–Kier alpha value is -4.73. The molecule has 5 N–H and O–H groups in total. The molecule has 2 aromatic heterocycles. The molecular weight excluding hydrogens is 494 g/mol. The molecule has 0 aliphatic heterocycles. The Morgan fingerprint density at radius 2 is 1.90 bits per heavy atom. The maximum absolute atomic E-state index is 13.0. The van der Waals surface area contributed by atoms with Crippen molar-refractivity contribution in [3.63, 3.8) is 0 Å². The van der Waals surface area contributed by atoms with Gasteiger partial charge in [0.25, 0.3) is 5.91 Å². The van der Waals surface area contributed by atoms with Crippen molar-refractivity contribution in [3.05, 3.63) is 66.1 Å². The van der Waals surface area contributed by atoms with Gasteiger partial charge in [-0.2, -0.15) is 0 Å². The van der Waals surface area contributed by atoms with Gasteiger partial charge in [-0.1, -0.05) is 25.0 Å². The van der Waals surface area contributed by atoms with Crippen molar-refractivity contribution in [3.8, 4) is 39.8 Å². The molecule has 1 aliphatic carbocycles. The van der Waals surface area contributed by atoms with E-state index in [4.69, 9.17) is 15.9 Å². The Bertz CT molecular complexity index is 1520. The highest BCUT2D eigenvalue weighted by Crippen LogP contribution is 2.37. The van der Waals surface area contributed by atoms with Gasteiger partial charge in [0.2, 0.25) is 11.7 Å². The zero-order valence-electron chi connectivity index (χ0n) is 21.9. The van der Waals surface area contributed by atoms with Crippen molar-refractivity contribution in [1.82, 2.24) is 25.1 Å². The van der Waals surface area contributed by atoms with E-state index < -0.39 is 5.91 Å². The van der Waals surface area contributed by atoms with Crippen LogP contribution in [-0.4, -0.2) is 50.1 Å². The van der Waals surface area contributed by atoms with Gasteiger partial charge in [0.15, 0.2) is 5.82 Å². The highest BCUT2D eigenvalue weighted by atomic mass is 16.5. The lowest BCUT2D eigenvalue weighted by molar-refractivity contribution is 0.0943. The summed E-state index contributed by atoms with van der Waals surface area (Å²) in [5, 5.41) is 31.0. The number of phenolic OH excluding ortho intramolecular Hbond substituents is 1. The summed E-state index contributed by atoms with van der Waals surface area (Å²) in [5.74, 6) is 0.460. The summed E-state index contributed by atoms with van der Waals surface area (Å²) in [6.07, 6.45) is 5.73. The van der Waals surface area contributed by atoms with Crippen LogP contribution in [0.25, 0.3) is 28.2 Å². The molecule has 0 atom stereocenters. The van der Waals surface area contributed by atoms with Gasteiger partial charge in [0.05, 0.1) is 12.7 Å². The second-order valence-corrected chi connectivity index (χ2v) is 9.50. The first-order chi connectivity index (χ1) is 18.9. The Balaban J connectivity index is 1.62. The number of methoxy groups -OCH3 is 1. The van der Waals surface area contributed by atoms with Crippen LogP contribution in [0.5, 0.6) is 11.6 Å². The van der Waals surface area contributed by atoms with Gasteiger partial charge in [-0.15, -0.1) is 10.2 Å². The smallest absolute Gasteiger partial charge is 0.289 e. The van der Waals surface area contributed by atoms with Crippen LogP contribution < -0.4 is 15.8 Å². The highest BCUT2D eigenvalue weighted by molar-refractivity contribution is 6.05. The first-order valence-electron chi connectivity index (χ1n) is 13.0. The number of benzene rings is 2. The number of aromatic hydroxyl groups is 1. The Morgan fingerprint density at radius 3 is 2.59 bits per heavy atom. The van der Waals surface area contributed by atoms with Crippen LogP contribution in [0.1, 0.15) is 48.8 Å². The number of nitrogen functional groups attached to an aromatic ring is 1. The molecule has 0 bridgehead atoms. The van der Waals surface area contributed by atoms with E-state index in [1.807, 2.05) is 43.3 Å². The van der Waals surface area contributed by atoms with Gasteiger partial charge in [-0.05, 0) is 55.7 Å². The van der Waals surface area contributed by atoms with E-state index in [0.29, 0.717) is 40.6 Å². The molecule has 0 spiro atoms. The first kappa shape index (κ1) is 25.9. The standard InChI is InChI=1S/C29H31N7O3/c1-3-32-28(38)27-35-34-26(22-15-21(23(30)16-24(22)37)25(31)18-7-4-5-8-18)36(27)19-12-10-17(11-13-19)20-9-6-14-33-29(20)39-2/h6,9-16,18,31,37H,3-5,7-8,30H2,1-2H3,(H,32,38). The van der Waals surface area contributed by atoms with Crippen LogP contribution in [0.4, 0.5) is 5.69 Å². The molecule has 10 nitrogen and oxygen atoms in total. The maximum Gasteiger partial charge on any atom is 0.289 e. The third kappa shape index (κ3) is 4.93. The molecule has 2 heterocycles. The average Bonchev–Trinajstić information content (AvgIpc) is 3.64. The molecule has 2 aromatic carbocycles. The Morgan fingerprint density at radius 1 is 1.15 bits per heavy atom. The number of amides is 1. The summed E-state index contributed by atoms with van der Waals surface area (Å²) in [6, 6.07) is 14.3. The monoisotopic (exact) mass is 525 g/mol. The number of nitrogens with zero attached hydrogens (tertiary/aromatic N) is 4. The number of anilines is 1. The van der Waals surface area contributed by atoms with Crippen molar-refractivity contribution in [2.24, 2.45) is 5.92 Å². The minimum absolute atomic E-state index is 0.0715. The fourth-order valence-corrected chi connectivity index (χ4v) is 5.10. The quantitative estimate of drug-likeness (QED) is 0.194. The van der Waals surface area contributed by atoms with E-state index in [1.165, 1.54) is 6.07 Å². The van der Waals surface area contributed by atoms with Gasteiger partial charge in [-0.25, -0.2) is 4.98 Å². The largest absolute Gasteiger partial charge is 0.507 e. The lowest BCUT2D eigenvalue weighted by Crippen LogP contribution is -2.26. The topological polar surface area (TPSA) is 152 Å². The molecule has 200 valence electrons. The number of hydrogen-bond donors (Lipinski definition) is 4. The molecule has 39 heavy (non-hydrogen) atoms. The number of nitrogens with two attached hydrogens (primary N) is 1. The molecule has 5 rings (SSSR count). The molecule has 1 saturated carbocycles. The zero-order valence-corrected chi connectivity index (χ0v) is 21.9. The first-order valence-corrected chi connectivity index (χ1v) is 13.0. The van der Waals surface area contributed by atoms with Crippen LogP contribution in [0, 0.1) is 11.3 Å². The highest BCUT2D eigenvalue weighted by Gasteiger charge is 2.27. The number of carbonyl (C=O) groups is 1. The average molecular weight is 526 g/mol. The number of hydrogen-bond acceptors (Lipinski definition) is 8. The third-order valence-electron chi connectivity index (χ3n) is 7.07. The predicted octanol–water partition coefficient (Wildman–Crippen LogP) is 4.60. The van der Waals surface area contributed by atoms with Crippen molar-refractivity contribution in [2.45, 2.75) is 32.6 Å². The van der Waals surface area contributed by atoms with E-state index in [2.05, 4.69) is 20.5 Å². The molecular formula is C29H31N7O3. The fraction of sp³-hybridized carbons (Fsp3) is 0.276. The number of aromatic nitrogens is 4. The predicted molar refractivity (Wildman–Crippen MR) is 149 cm³/mol. The van der Waals surface area contributed by atoms with E-state index >= 15 is 0 Å². The van der Waals surface area contributed by atoms with Crippen LogP contribution in [-0.2, 0) is 0 Å². The summed E-state index contributed by atoms with van der Waals surface area (Å²) >= 11 is 0. The van der Waals surface area contributed by atoms with Gasteiger partial charge in [0, 0.05) is 52.9 Å². The van der Waals surface area contributed by atoms with Crippen molar-refractivity contribution >= 4 is 17.3 Å². The van der Waals surface area contributed by atoms with E-state index in [-0.39, 0.29) is 23.3 Å². The second kappa shape index (κ2) is 10.9. The van der Waals surface area contributed by atoms with Crippen LogP contribution in [0.2, 0.25) is 0 Å². The second-order valence-electron chi connectivity index (χ2n) is 9.50. The molecule has 0 saturated heterocycles. The van der Waals surface area contributed by atoms with E-state index in [0.717, 1.165) is 36.8 Å². The minimum atomic E-state index is -0.400. The van der Waals surface area contributed by atoms with Crippen LogP contribution in [0.3, 0.4) is 0 Å². The van der Waals surface area contributed by atoms with Crippen molar-refractivity contribution in [1.29, 1.82) is 5.41 Å². The minimum Gasteiger partial charge on any atom is -0.507 e. The zero-order chi connectivity index (χ0) is 27.5. The summed E-state index contributed by atoms with van der Waals surface area (Å²) in [7, 11) is 1.57. The fourth-order valence-electron chi connectivity index (χ4n) is 5.10. The van der Waals surface area contributed by atoms with Gasteiger partial charge in [0.1, 0.15) is 5.75 Å².